The second-order valence-corrected chi connectivity index (χ2v) is 4.06. The summed E-state index contributed by atoms with van der Waals surface area (Å²) in [4.78, 5) is 9.97. The van der Waals surface area contributed by atoms with Crippen molar-refractivity contribution in [1.82, 2.24) is 15.3 Å². The van der Waals surface area contributed by atoms with E-state index < -0.39 is 0 Å². The number of hydrogen-bond acceptors (Lipinski definition) is 4. The highest BCUT2D eigenvalue weighted by atomic mass is 19.1. The second-order valence-electron chi connectivity index (χ2n) is 4.06. The van der Waals surface area contributed by atoms with Crippen molar-refractivity contribution in [3.63, 3.8) is 0 Å². The maximum absolute atomic E-state index is 13.9. The smallest absolute Gasteiger partial charge is 0.186 e. The molecule has 1 aromatic rings. The van der Waals surface area contributed by atoms with Crippen LogP contribution in [0.15, 0.2) is 6.33 Å². The zero-order chi connectivity index (χ0) is 11.5. The zero-order valence-corrected chi connectivity index (χ0v) is 9.70. The average Bonchev–Trinajstić information content (AvgIpc) is 2.33. The van der Waals surface area contributed by atoms with E-state index in [4.69, 9.17) is 0 Å². The minimum absolute atomic E-state index is 0.289. The van der Waals surface area contributed by atoms with E-state index in [1.165, 1.54) is 6.33 Å². The summed E-state index contributed by atoms with van der Waals surface area (Å²) in [5.74, 6) is 0.156. The number of piperazine rings is 1. The van der Waals surface area contributed by atoms with Crippen molar-refractivity contribution in [2.24, 2.45) is 0 Å². The van der Waals surface area contributed by atoms with Crippen molar-refractivity contribution >= 4 is 5.82 Å². The molecule has 2 rings (SSSR count). The molecule has 2 heterocycles. The van der Waals surface area contributed by atoms with Gasteiger partial charge in [-0.3, -0.25) is 0 Å². The first-order chi connectivity index (χ1) is 7.74. The number of aryl methyl sites for hydroxylation is 1. The molecular formula is C11H17FN4. The lowest BCUT2D eigenvalue weighted by atomic mass is 10.1. The fourth-order valence-electron chi connectivity index (χ4n) is 2.05. The first-order valence-electron chi connectivity index (χ1n) is 5.68. The van der Waals surface area contributed by atoms with Crippen molar-refractivity contribution in [2.75, 3.05) is 24.5 Å². The number of rotatable bonds is 2. The quantitative estimate of drug-likeness (QED) is 0.817. The van der Waals surface area contributed by atoms with Gasteiger partial charge in [0.2, 0.25) is 0 Å². The maximum atomic E-state index is 13.9. The molecule has 16 heavy (non-hydrogen) atoms. The monoisotopic (exact) mass is 224 g/mol. The highest BCUT2D eigenvalue weighted by molar-refractivity contribution is 5.42. The van der Waals surface area contributed by atoms with Crippen LogP contribution in [-0.2, 0) is 0 Å². The lowest BCUT2D eigenvalue weighted by molar-refractivity contribution is 0.453. The number of nitrogens with one attached hydrogen (secondary N) is 1. The Morgan fingerprint density at radius 3 is 3.12 bits per heavy atom. The summed E-state index contributed by atoms with van der Waals surface area (Å²) in [7, 11) is 0. The van der Waals surface area contributed by atoms with E-state index in [-0.39, 0.29) is 5.82 Å². The SMILES string of the molecule is CCC1CNCCN1c1ncnc(C)c1F. The van der Waals surface area contributed by atoms with E-state index in [1.807, 2.05) is 4.90 Å². The first-order valence-corrected chi connectivity index (χ1v) is 5.68. The lowest BCUT2D eigenvalue weighted by Crippen LogP contribution is -2.51. The Hall–Kier alpha value is -1.23. The van der Waals surface area contributed by atoms with Gasteiger partial charge in [-0.05, 0) is 13.3 Å². The predicted molar refractivity (Wildman–Crippen MR) is 61.0 cm³/mol. The number of halogens is 1. The molecule has 0 aliphatic carbocycles. The molecule has 0 bridgehead atoms. The van der Waals surface area contributed by atoms with Crippen LogP contribution >= 0.6 is 0 Å². The third kappa shape index (κ3) is 2.00. The molecule has 5 heteroatoms. The van der Waals surface area contributed by atoms with Crippen molar-refractivity contribution < 1.29 is 4.39 Å². The second kappa shape index (κ2) is 4.74. The van der Waals surface area contributed by atoms with Gasteiger partial charge in [-0.15, -0.1) is 0 Å². The third-order valence-corrected chi connectivity index (χ3v) is 3.04. The molecule has 1 fully saturated rings. The highest BCUT2D eigenvalue weighted by Crippen LogP contribution is 2.21. The van der Waals surface area contributed by atoms with Gasteiger partial charge in [-0.1, -0.05) is 6.92 Å². The third-order valence-electron chi connectivity index (χ3n) is 3.04. The summed E-state index contributed by atoms with van der Waals surface area (Å²) in [6, 6.07) is 0.317. The standard InChI is InChI=1S/C11H17FN4/c1-3-9-6-13-4-5-16(9)11-10(12)8(2)14-7-15-11/h7,9,13H,3-6H2,1-2H3. The normalized spacial score (nSPS) is 21.2. The van der Waals surface area contributed by atoms with E-state index >= 15 is 0 Å². The fourth-order valence-corrected chi connectivity index (χ4v) is 2.05. The summed E-state index contributed by atoms with van der Waals surface area (Å²) in [6.07, 6.45) is 2.41. The van der Waals surface area contributed by atoms with E-state index in [0.717, 1.165) is 26.1 Å². The van der Waals surface area contributed by atoms with Crippen LogP contribution in [0, 0.1) is 12.7 Å². The summed E-state index contributed by atoms with van der Waals surface area (Å²) < 4.78 is 13.9. The van der Waals surface area contributed by atoms with Crippen LogP contribution in [0.2, 0.25) is 0 Å². The van der Waals surface area contributed by atoms with Gasteiger partial charge in [0.1, 0.15) is 6.33 Å². The summed E-state index contributed by atoms with van der Waals surface area (Å²) in [6.45, 7) is 6.34. The Morgan fingerprint density at radius 1 is 1.56 bits per heavy atom. The van der Waals surface area contributed by atoms with Gasteiger partial charge < -0.3 is 10.2 Å². The Morgan fingerprint density at radius 2 is 2.38 bits per heavy atom. The highest BCUT2D eigenvalue weighted by Gasteiger charge is 2.24. The van der Waals surface area contributed by atoms with E-state index in [2.05, 4.69) is 22.2 Å². The summed E-state index contributed by atoms with van der Waals surface area (Å²) >= 11 is 0. The van der Waals surface area contributed by atoms with Crippen molar-refractivity contribution in [3.8, 4) is 0 Å². The van der Waals surface area contributed by atoms with Gasteiger partial charge in [0, 0.05) is 25.7 Å². The molecule has 1 saturated heterocycles. The predicted octanol–water partition coefficient (Wildman–Crippen LogP) is 1.11. The van der Waals surface area contributed by atoms with Crippen molar-refractivity contribution in [3.05, 3.63) is 17.8 Å². The Balaban J connectivity index is 2.30. The fraction of sp³-hybridized carbons (Fsp3) is 0.636. The number of nitrogens with zero attached hydrogens (tertiary/aromatic N) is 3. The Bertz CT molecular complexity index is 369. The van der Waals surface area contributed by atoms with Crippen LogP contribution in [0.3, 0.4) is 0 Å². The molecule has 1 aromatic heterocycles. The van der Waals surface area contributed by atoms with Crippen LogP contribution < -0.4 is 10.2 Å². The van der Waals surface area contributed by atoms with E-state index in [1.54, 1.807) is 6.92 Å². The van der Waals surface area contributed by atoms with Crippen LogP contribution in [0.25, 0.3) is 0 Å². The number of anilines is 1. The number of hydrogen-bond donors (Lipinski definition) is 1. The molecule has 0 saturated carbocycles. The topological polar surface area (TPSA) is 41.0 Å². The largest absolute Gasteiger partial charge is 0.349 e. The minimum Gasteiger partial charge on any atom is -0.349 e. The van der Waals surface area contributed by atoms with E-state index in [0.29, 0.717) is 17.6 Å². The molecule has 88 valence electrons. The molecule has 1 aliphatic heterocycles. The van der Waals surface area contributed by atoms with Gasteiger partial charge in [-0.25, -0.2) is 14.4 Å². The van der Waals surface area contributed by atoms with Crippen LogP contribution in [0.1, 0.15) is 19.0 Å². The Labute approximate surface area is 94.9 Å². The van der Waals surface area contributed by atoms with Gasteiger partial charge >= 0.3 is 0 Å². The molecule has 0 spiro atoms. The summed E-state index contributed by atoms with van der Waals surface area (Å²) in [5, 5.41) is 3.31. The lowest BCUT2D eigenvalue weighted by Gasteiger charge is -2.36. The van der Waals surface area contributed by atoms with Gasteiger partial charge in [0.05, 0.1) is 5.69 Å². The van der Waals surface area contributed by atoms with Crippen LogP contribution in [0.4, 0.5) is 10.2 Å². The maximum Gasteiger partial charge on any atom is 0.186 e. The zero-order valence-electron chi connectivity index (χ0n) is 9.70. The van der Waals surface area contributed by atoms with Crippen molar-refractivity contribution in [1.29, 1.82) is 0 Å². The molecule has 1 aliphatic rings. The first kappa shape index (κ1) is 11.3. The molecular weight excluding hydrogens is 207 g/mol. The molecule has 0 amide bonds. The van der Waals surface area contributed by atoms with E-state index in [9.17, 15) is 4.39 Å². The molecule has 1 atom stereocenters. The molecule has 0 aromatic carbocycles. The van der Waals surface area contributed by atoms with Crippen LogP contribution in [-0.4, -0.2) is 35.6 Å². The summed E-state index contributed by atoms with van der Waals surface area (Å²) in [5.41, 5.74) is 0.415. The molecule has 0 radical (unpaired) electrons. The van der Waals surface area contributed by atoms with Crippen molar-refractivity contribution in [2.45, 2.75) is 26.3 Å². The number of aromatic nitrogens is 2. The van der Waals surface area contributed by atoms with Crippen LogP contribution in [0.5, 0.6) is 0 Å². The minimum atomic E-state index is -0.289. The molecule has 1 N–H and O–H groups in total. The van der Waals surface area contributed by atoms with Gasteiger partial charge in [0.15, 0.2) is 11.6 Å². The average molecular weight is 224 g/mol. The molecule has 4 nitrogen and oxygen atoms in total. The van der Waals surface area contributed by atoms with Gasteiger partial charge in [0.25, 0.3) is 0 Å². The van der Waals surface area contributed by atoms with Gasteiger partial charge in [-0.2, -0.15) is 0 Å². The Kier molecular flexibility index (Phi) is 3.33. The molecule has 1 unspecified atom stereocenters.